The molecule has 11 rings (SSSR count). The molecule has 0 spiro atoms. The van der Waals surface area contributed by atoms with Crippen molar-refractivity contribution < 1.29 is 0 Å². The minimum absolute atomic E-state index is 0.740. The van der Waals surface area contributed by atoms with Crippen molar-refractivity contribution in [2.45, 2.75) is 0 Å². The Morgan fingerprint density at radius 3 is 1.91 bits per heavy atom. The topological polar surface area (TPSA) is 30.7 Å². The van der Waals surface area contributed by atoms with Gasteiger partial charge < -0.3 is 4.57 Å². The lowest BCUT2D eigenvalue weighted by Gasteiger charge is -2.11. The van der Waals surface area contributed by atoms with E-state index in [-0.39, 0.29) is 0 Å². The van der Waals surface area contributed by atoms with Gasteiger partial charge in [0.1, 0.15) is 0 Å². The van der Waals surface area contributed by atoms with Gasteiger partial charge in [-0.2, -0.15) is 0 Å². The van der Waals surface area contributed by atoms with Gasteiger partial charge >= 0.3 is 0 Å². The number of aromatic nitrogens is 3. The number of rotatable bonds is 5. The van der Waals surface area contributed by atoms with E-state index < -0.39 is 0 Å². The summed E-state index contributed by atoms with van der Waals surface area (Å²) in [5.41, 5.74) is 12.4. The molecule has 0 amide bonds. The number of fused-ring (bicyclic) bond motifs is 7. The summed E-state index contributed by atoms with van der Waals surface area (Å²) in [5, 5.41) is 6.08. The van der Waals surface area contributed by atoms with Crippen LogP contribution in [0.1, 0.15) is 0 Å². The summed E-state index contributed by atoms with van der Waals surface area (Å²) in [6, 6.07) is 67.3. The molecule has 4 heteroatoms. The van der Waals surface area contributed by atoms with Gasteiger partial charge in [-0.1, -0.05) is 146 Å². The molecule has 3 aromatic heterocycles. The van der Waals surface area contributed by atoms with Crippen molar-refractivity contribution >= 4 is 64.2 Å². The Bertz CT molecular complexity index is 3200. The van der Waals surface area contributed by atoms with Crippen LogP contribution in [0.25, 0.3) is 103 Å². The zero-order chi connectivity index (χ0) is 35.6. The van der Waals surface area contributed by atoms with Gasteiger partial charge in [0.15, 0.2) is 5.82 Å². The highest BCUT2D eigenvalue weighted by molar-refractivity contribution is 7.26. The lowest BCUT2D eigenvalue weighted by atomic mass is 9.97. The standard InChI is InChI=1S/C50H31N3S/c1-4-13-32(14-5-1)37-26-28-44-42(31-37)41-19-10-11-21-43(41)53(44)39-27-25-35-29-38(24-23-36(35)30-39)40-20-12-22-45-46(40)48-49(54-45)47(33-15-6-2-7-16-33)51-50(52-48)34-17-8-3-9-18-34/h1-31H. The van der Waals surface area contributed by atoms with Gasteiger partial charge in [0, 0.05) is 37.7 Å². The molecule has 0 fully saturated rings. The van der Waals surface area contributed by atoms with Gasteiger partial charge in [0.05, 0.1) is 26.9 Å². The maximum atomic E-state index is 5.28. The van der Waals surface area contributed by atoms with Crippen LogP contribution in [0.3, 0.4) is 0 Å². The SMILES string of the molecule is c1ccc(-c2ccc3c(c2)c2ccccc2n3-c2ccc3cc(-c4cccc5sc6c(-c7ccccc7)nc(-c7ccccc7)nc6c45)ccc3c2)cc1. The number of benzene rings is 8. The van der Waals surface area contributed by atoms with Gasteiger partial charge in [0.25, 0.3) is 0 Å². The third-order valence-corrected chi connectivity index (χ3v) is 11.7. The minimum atomic E-state index is 0.740. The average molecular weight is 706 g/mol. The number of para-hydroxylation sites is 1. The predicted molar refractivity (Wildman–Crippen MR) is 229 cm³/mol. The molecule has 0 radical (unpaired) electrons. The molecule has 0 bridgehead atoms. The van der Waals surface area contributed by atoms with E-state index in [1.54, 1.807) is 11.3 Å². The molecule has 0 unspecified atom stereocenters. The largest absolute Gasteiger partial charge is 0.309 e. The van der Waals surface area contributed by atoms with E-state index in [0.717, 1.165) is 38.5 Å². The van der Waals surface area contributed by atoms with Crippen LogP contribution in [0.4, 0.5) is 0 Å². The number of hydrogen-bond acceptors (Lipinski definition) is 3. The van der Waals surface area contributed by atoms with Gasteiger partial charge in [-0.25, -0.2) is 9.97 Å². The van der Waals surface area contributed by atoms with Crippen LogP contribution in [-0.2, 0) is 0 Å². The fraction of sp³-hybridized carbons (Fsp3) is 0. The average Bonchev–Trinajstić information content (AvgIpc) is 3.79. The first-order chi connectivity index (χ1) is 26.8. The zero-order valence-electron chi connectivity index (χ0n) is 29.1. The van der Waals surface area contributed by atoms with E-state index in [9.17, 15) is 0 Å². The van der Waals surface area contributed by atoms with Crippen molar-refractivity contribution in [3.63, 3.8) is 0 Å². The molecule has 0 saturated carbocycles. The van der Waals surface area contributed by atoms with Crippen LogP contribution in [-0.4, -0.2) is 14.5 Å². The fourth-order valence-corrected chi connectivity index (χ4v) is 9.22. The summed E-state index contributed by atoms with van der Waals surface area (Å²) >= 11 is 1.77. The molecule has 0 aliphatic carbocycles. The fourth-order valence-electron chi connectivity index (χ4n) is 8.04. The van der Waals surface area contributed by atoms with Crippen molar-refractivity contribution in [1.29, 1.82) is 0 Å². The normalized spacial score (nSPS) is 11.7. The first-order valence-corrected chi connectivity index (χ1v) is 19.1. The summed E-state index contributed by atoms with van der Waals surface area (Å²) in [6.07, 6.45) is 0. The van der Waals surface area contributed by atoms with Crippen molar-refractivity contribution in [3.8, 4) is 50.6 Å². The highest BCUT2D eigenvalue weighted by Gasteiger charge is 2.20. The van der Waals surface area contributed by atoms with Crippen molar-refractivity contribution in [3.05, 3.63) is 188 Å². The van der Waals surface area contributed by atoms with Crippen molar-refractivity contribution in [1.82, 2.24) is 14.5 Å². The van der Waals surface area contributed by atoms with Gasteiger partial charge in [-0.05, 0) is 75.5 Å². The summed E-state index contributed by atoms with van der Waals surface area (Å²) in [4.78, 5) is 10.4. The van der Waals surface area contributed by atoms with E-state index in [1.807, 2.05) is 18.2 Å². The molecule has 11 aromatic rings. The van der Waals surface area contributed by atoms with Gasteiger partial charge in [-0.15, -0.1) is 11.3 Å². The van der Waals surface area contributed by atoms with E-state index >= 15 is 0 Å². The Morgan fingerprint density at radius 2 is 1.09 bits per heavy atom. The smallest absolute Gasteiger partial charge is 0.160 e. The van der Waals surface area contributed by atoms with Crippen LogP contribution in [0.5, 0.6) is 0 Å². The predicted octanol–water partition coefficient (Wildman–Crippen LogP) is 13.8. The Morgan fingerprint density at radius 1 is 0.426 bits per heavy atom. The molecular formula is C50H31N3S. The summed E-state index contributed by atoms with van der Waals surface area (Å²) in [5.74, 6) is 0.740. The maximum Gasteiger partial charge on any atom is 0.160 e. The van der Waals surface area contributed by atoms with Crippen molar-refractivity contribution in [2.75, 3.05) is 0 Å². The molecule has 0 aliphatic heterocycles. The zero-order valence-corrected chi connectivity index (χ0v) is 30.0. The van der Waals surface area contributed by atoms with Crippen molar-refractivity contribution in [2.24, 2.45) is 0 Å². The van der Waals surface area contributed by atoms with Crippen LogP contribution in [0.15, 0.2) is 188 Å². The Hall–Kier alpha value is -6.88. The number of thiophene rings is 1. The van der Waals surface area contributed by atoms with Crippen LogP contribution in [0.2, 0.25) is 0 Å². The molecule has 54 heavy (non-hydrogen) atoms. The minimum Gasteiger partial charge on any atom is -0.309 e. The lowest BCUT2D eigenvalue weighted by Crippen LogP contribution is -1.94. The molecule has 0 aliphatic rings. The van der Waals surface area contributed by atoms with Gasteiger partial charge in [-0.3, -0.25) is 0 Å². The quantitative estimate of drug-likeness (QED) is 0.178. The summed E-state index contributed by atoms with van der Waals surface area (Å²) in [7, 11) is 0. The molecule has 0 N–H and O–H groups in total. The summed E-state index contributed by atoms with van der Waals surface area (Å²) in [6.45, 7) is 0. The first-order valence-electron chi connectivity index (χ1n) is 18.2. The Balaban J connectivity index is 1.06. The number of nitrogens with zero attached hydrogens (tertiary/aromatic N) is 3. The second kappa shape index (κ2) is 12.4. The Labute approximate surface area is 316 Å². The lowest BCUT2D eigenvalue weighted by molar-refractivity contribution is 1.19. The van der Waals surface area contributed by atoms with E-state index in [2.05, 4.69) is 174 Å². The second-order valence-corrected chi connectivity index (χ2v) is 14.8. The molecule has 3 nitrogen and oxygen atoms in total. The third kappa shape index (κ3) is 4.96. The molecule has 8 aromatic carbocycles. The molecule has 252 valence electrons. The van der Waals surface area contributed by atoms with Crippen LogP contribution in [0, 0.1) is 0 Å². The molecule has 0 saturated heterocycles. The first kappa shape index (κ1) is 30.7. The maximum absolute atomic E-state index is 5.28. The van der Waals surface area contributed by atoms with Gasteiger partial charge in [0.2, 0.25) is 0 Å². The van der Waals surface area contributed by atoms with E-state index in [0.29, 0.717) is 0 Å². The van der Waals surface area contributed by atoms with Crippen LogP contribution < -0.4 is 0 Å². The second-order valence-electron chi connectivity index (χ2n) is 13.8. The highest BCUT2D eigenvalue weighted by Crippen LogP contribution is 2.44. The Kier molecular flexibility index (Phi) is 7.04. The molecule has 3 heterocycles. The molecular weight excluding hydrogens is 675 g/mol. The monoisotopic (exact) mass is 705 g/mol. The number of hydrogen-bond donors (Lipinski definition) is 0. The highest BCUT2D eigenvalue weighted by atomic mass is 32.1. The van der Waals surface area contributed by atoms with E-state index in [1.165, 1.54) is 64.9 Å². The van der Waals surface area contributed by atoms with E-state index in [4.69, 9.17) is 9.97 Å². The molecule has 0 atom stereocenters. The van der Waals surface area contributed by atoms with Crippen LogP contribution >= 0.6 is 11.3 Å². The summed E-state index contributed by atoms with van der Waals surface area (Å²) < 4.78 is 4.71. The third-order valence-electron chi connectivity index (χ3n) is 10.6.